The summed E-state index contributed by atoms with van der Waals surface area (Å²) in [5.41, 5.74) is 6.74. The first-order chi connectivity index (χ1) is 8.79. The van der Waals surface area contributed by atoms with Gasteiger partial charge in [-0.05, 0) is 23.6 Å². The van der Waals surface area contributed by atoms with Gasteiger partial charge in [0.15, 0.2) is 0 Å². The largest absolute Gasteiger partial charge is 0.492 e. The number of ether oxygens (including phenoxy) is 1. The highest BCUT2D eigenvalue weighted by Crippen LogP contribution is 2.18. The molecular weight excluding hydrogens is 248 g/mol. The molecule has 0 radical (unpaired) electrons. The molecule has 1 heterocycles. The van der Waals surface area contributed by atoms with E-state index in [0.29, 0.717) is 30.2 Å². The van der Waals surface area contributed by atoms with Gasteiger partial charge in [0.2, 0.25) is 0 Å². The van der Waals surface area contributed by atoms with Crippen LogP contribution in [0.3, 0.4) is 0 Å². The van der Waals surface area contributed by atoms with Crippen molar-refractivity contribution in [3.05, 3.63) is 46.7 Å². The third-order valence-corrected chi connectivity index (χ3v) is 2.95. The van der Waals surface area contributed by atoms with Crippen molar-refractivity contribution >= 4 is 22.9 Å². The predicted octanol–water partition coefficient (Wildman–Crippen LogP) is 2.34. The van der Waals surface area contributed by atoms with Crippen molar-refractivity contribution in [1.82, 2.24) is 0 Å². The summed E-state index contributed by atoms with van der Waals surface area (Å²) >= 11 is 1.49. The molecule has 0 saturated heterocycles. The Bertz CT molecular complexity index is 511. The first kappa shape index (κ1) is 12.6. The molecule has 0 bridgehead atoms. The highest BCUT2D eigenvalue weighted by atomic mass is 32.1. The smallest absolute Gasteiger partial charge is 0.256 e. The van der Waals surface area contributed by atoms with Crippen molar-refractivity contribution in [3.63, 3.8) is 0 Å². The van der Waals surface area contributed by atoms with E-state index in [-0.39, 0.29) is 5.91 Å². The molecule has 0 aliphatic heterocycles. The topological polar surface area (TPSA) is 64.3 Å². The minimum absolute atomic E-state index is 0.118. The zero-order chi connectivity index (χ0) is 12.8. The molecule has 0 saturated carbocycles. The van der Waals surface area contributed by atoms with Crippen LogP contribution < -0.4 is 15.8 Å². The van der Waals surface area contributed by atoms with Crippen LogP contribution in [-0.2, 0) is 0 Å². The third-order valence-electron chi connectivity index (χ3n) is 2.26. The molecule has 0 atom stereocenters. The fourth-order valence-corrected chi connectivity index (χ4v) is 2.07. The number of thiophene rings is 1. The highest BCUT2D eigenvalue weighted by molar-refractivity contribution is 7.08. The van der Waals surface area contributed by atoms with Crippen molar-refractivity contribution in [1.29, 1.82) is 0 Å². The fourth-order valence-electron chi connectivity index (χ4n) is 1.44. The van der Waals surface area contributed by atoms with Gasteiger partial charge in [-0.2, -0.15) is 11.3 Å². The van der Waals surface area contributed by atoms with Gasteiger partial charge in [-0.25, -0.2) is 0 Å². The van der Waals surface area contributed by atoms with Gasteiger partial charge < -0.3 is 15.8 Å². The lowest BCUT2D eigenvalue weighted by molar-refractivity contribution is 0.102. The number of carbonyl (C=O) groups is 1. The van der Waals surface area contributed by atoms with E-state index in [1.54, 1.807) is 12.1 Å². The Balaban J connectivity index is 2.03. The molecule has 1 aromatic carbocycles. The number of hydrogen-bond acceptors (Lipinski definition) is 4. The van der Waals surface area contributed by atoms with Crippen LogP contribution in [0.1, 0.15) is 10.4 Å². The second-order valence-corrected chi connectivity index (χ2v) is 4.41. The summed E-state index contributed by atoms with van der Waals surface area (Å²) in [5, 5.41) is 6.50. The monoisotopic (exact) mass is 262 g/mol. The number of benzene rings is 1. The lowest BCUT2D eigenvalue weighted by Gasteiger charge is -2.07. The van der Waals surface area contributed by atoms with E-state index in [2.05, 4.69) is 5.32 Å². The Hall–Kier alpha value is -1.85. The van der Waals surface area contributed by atoms with E-state index in [0.717, 1.165) is 0 Å². The normalized spacial score (nSPS) is 10.1. The van der Waals surface area contributed by atoms with Crippen LogP contribution in [0.5, 0.6) is 5.75 Å². The minimum atomic E-state index is -0.118. The molecule has 1 amide bonds. The van der Waals surface area contributed by atoms with Crippen LogP contribution in [0.2, 0.25) is 0 Å². The molecule has 2 rings (SSSR count). The van der Waals surface area contributed by atoms with Crippen molar-refractivity contribution in [2.75, 3.05) is 18.5 Å². The summed E-state index contributed by atoms with van der Waals surface area (Å²) < 4.78 is 5.39. The molecule has 3 N–H and O–H groups in total. The number of anilines is 1. The van der Waals surface area contributed by atoms with E-state index >= 15 is 0 Å². The summed E-state index contributed by atoms with van der Waals surface area (Å²) in [4.78, 5) is 11.8. The van der Waals surface area contributed by atoms with Crippen LogP contribution in [0, 0.1) is 0 Å². The molecule has 2 aromatic rings. The van der Waals surface area contributed by atoms with Gasteiger partial charge in [-0.15, -0.1) is 0 Å². The van der Waals surface area contributed by atoms with Gasteiger partial charge in [0.1, 0.15) is 12.4 Å². The molecule has 18 heavy (non-hydrogen) atoms. The Morgan fingerprint density at radius 1 is 1.39 bits per heavy atom. The van der Waals surface area contributed by atoms with Crippen molar-refractivity contribution in [3.8, 4) is 5.75 Å². The molecule has 5 heteroatoms. The van der Waals surface area contributed by atoms with Gasteiger partial charge in [0.05, 0.1) is 5.56 Å². The Morgan fingerprint density at radius 3 is 3.00 bits per heavy atom. The summed E-state index contributed by atoms with van der Waals surface area (Å²) in [5.74, 6) is 0.579. The minimum Gasteiger partial charge on any atom is -0.492 e. The number of nitrogens with one attached hydrogen (secondary N) is 1. The zero-order valence-electron chi connectivity index (χ0n) is 9.76. The van der Waals surface area contributed by atoms with Gasteiger partial charge in [-0.3, -0.25) is 4.79 Å². The van der Waals surface area contributed by atoms with Crippen LogP contribution in [0.4, 0.5) is 5.69 Å². The summed E-state index contributed by atoms with van der Waals surface area (Å²) in [7, 11) is 0. The van der Waals surface area contributed by atoms with E-state index in [9.17, 15) is 4.79 Å². The maximum Gasteiger partial charge on any atom is 0.256 e. The molecule has 0 unspecified atom stereocenters. The van der Waals surface area contributed by atoms with Crippen molar-refractivity contribution in [2.24, 2.45) is 5.73 Å². The summed E-state index contributed by atoms with van der Waals surface area (Å²) in [6.45, 7) is 0.924. The van der Waals surface area contributed by atoms with Gasteiger partial charge in [-0.1, -0.05) is 6.07 Å². The van der Waals surface area contributed by atoms with Gasteiger partial charge in [0, 0.05) is 23.7 Å². The molecule has 4 nitrogen and oxygen atoms in total. The third kappa shape index (κ3) is 3.32. The average molecular weight is 262 g/mol. The lowest BCUT2D eigenvalue weighted by atomic mass is 10.2. The second-order valence-electron chi connectivity index (χ2n) is 3.63. The van der Waals surface area contributed by atoms with Crippen molar-refractivity contribution < 1.29 is 9.53 Å². The first-order valence-corrected chi connectivity index (χ1v) is 6.50. The fraction of sp³-hybridized carbons (Fsp3) is 0.154. The van der Waals surface area contributed by atoms with E-state index in [1.807, 2.05) is 29.0 Å². The zero-order valence-corrected chi connectivity index (χ0v) is 10.6. The van der Waals surface area contributed by atoms with Gasteiger partial charge >= 0.3 is 0 Å². The molecular formula is C13H14N2O2S. The van der Waals surface area contributed by atoms with Crippen LogP contribution in [0.25, 0.3) is 0 Å². The maximum atomic E-state index is 11.8. The molecule has 0 aliphatic rings. The number of nitrogens with two attached hydrogens (primary N) is 1. The number of carbonyl (C=O) groups excluding carboxylic acids is 1. The standard InChI is InChI=1S/C13H14N2O2S/c14-5-6-17-12-3-1-2-11(8-12)15-13(16)10-4-7-18-9-10/h1-4,7-9H,5-6,14H2,(H,15,16). The highest BCUT2D eigenvalue weighted by Gasteiger charge is 2.06. The quantitative estimate of drug-likeness (QED) is 0.869. The average Bonchev–Trinajstić information content (AvgIpc) is 2.91. The van der Waals surface area contributed by atoms with E-state index < -0.39 is 0 Å². The molecule has 94 valence electrons. The Morgan fingerprint density at radius 2 is 2.28 bits per heavy atom. The maximum absolute atomic E-state index is 11.8. The summed E-state index contributed by atoms with van der Waals surface area (Å²) in [6.07, 6.45) is 0. The van der Waals surface area contributed by atoms with Crippen LogP contribution in [0.15, 0.2) is 41.1 Å². The first-order valence-electron chi connectivity index (χ1n) is 5.56. The predicted molar refractivity (Wildman–Crippen MR) is 73.3 cm³/mol. The molecule has 1 aromatic heterocycles. The molecule has 0 aliphatic carbocycles. The molecule has 0 spiro atoms. The summed E-state index contributed by atoms with van der Waals surface area (Å²) in [6, 6.07) is 9.04. The second kappa shape index (κ2) is 6.18. The number of amides is 1. The van der Waals surface area contributed by atoms with E-state index in [4.69, 9.17) is 10.5 Å². The Labute approximate surface area is 109 Å². The van der Waals surface area contributed by atoms with Crippen LogP contribution in [-0.4, -0.2) is 19.1 Å². The number of hydrogen-bond donors (Lipinski definition) is 2. The SMILES string of the molecule is NCCOc1cccc(NC(=O)c2ccsc2)c1. The van der Waals surface area contributed by atoms with Crippen molar-refractivity contribution in [2.45, 2.75) is 0 Å². The van der Waals surface area contributed by atoms with Crippen LogP contribution >= 0.6 is 11.3 Å². The van der Waals surface area contributed by atoms with Gasteiger partial charge in [0.25, 0.3) is 5.91 Å². The van der Waals surface area contributed by atoms with E-state index in [1.165, 1.54) is 11.3 Å². The Kier molecular flexibility index (Phi) is 4.33. The number of rotatable bonds is 5. The molecule has 0 fully saturated rings. The lowest BCUT2D eigenvalue weighted by Crippen LogP contribution is -2.12.